The highest BCUT2D eigenvalue weighted by atomic mass is 19.4. The number of alkyl halides is 3. The second kappa shape index (κ2) is 6.04. The van der Waals surface area contributed by atoms with Gasteiger partial charge in [0.2, 0.25) is 0 Å². The molecule has 0 spiro atoms. The second-order valence-electron chi connectivity index (χ2n) is 5.80. The molecule has 2 aliphatic rings. The van der Waals surface area contributed by atoms with E-state index in [1.165, 1.54) is 6.07 Å². The summed E-state index contributed by atoms with van der Waals surface area (Å²) in [5, 5.41) is 3.23. The van der Waals surface area contributed by atoms with E-state index in [2.05, 4.69) is 15.0 Å². The first-order valence-corrected chi connectivity index (χ1v) is 7.44. The van der Waals surface area contributed by atoms with Crippen molar-refractivity contribution in [1.82, 2.24) is 10.2 Å². The predicted octanol–water partition coefficient (Wildman–Crippen LogP) is 3.08. The van der Waals surface area contributed by atoms with Crippen LogP contribution in [0.2, 0.25) is 0 Å². The summed E-state index contributed by atoms with van der Waals surface area (Å²) in [6.07, 6.45) is -2.80. The minimum Gasteiger partial charge on any atom is -0.406 e. The summed E-state index contributed by atoms with van der Waals surface area (Å²) in [7, 11) is 0. The normalized spacial score (nSPS) is 21.6. The van der Waals surface area contributed by atoms with E-state index in [-0.39, 0.29) is 11.8 Å². The van der Waals surface area contributed by atoms with Gasteiger partial charge < -0.3 is 10.1 Å². The fourth-order valence-electron chi connectivity index (χ4n) is 3.07. The van der Waals surface area contributed by atoms with Crippen molar-refractivity contribution in [2.75, 3.05) is 26.2 Å². The van der Waals surface area contributed by atoms with Crippen LogP contribution < -0.4 is 10.1 Å². The van der Waals surface area contributed by atoms with Crippen molar-refractivity contribution < 1.29 is 22.3 Å². The molecule has 0 unspecified atom stereocenters. The Labute approximate surface area is 126 Å². The van der Waals surface area contributed by atoms with Crippen LogP contribution in [-0.2, 0) is 0 Å². The maximum Gasteiger partial charge on any atom is 0.573 e. The van der Waals surface area contributed by atoms with Gasteiger partial charge >= 0.3 is 6.36 Å². The highest BCUT2D eigenvalue weighted by Gasteiger charge is 2.39. The Bertz CT molecular complexity index is 525. The summed E-state index contributed by atoms with van der Waals surface area (Å²) in [6, 6.07) is 3.12. The van der Waals surface area contributed by atoms with Crippen LogP contribution >= 0.6 is 0 Å². The third-order valence-corrected chi connectivity index (χ3v) is 4.13. The number of piperazine rings is 1. The van der Waals surface area contributed by atoms with Crippen molar-refractivity contribution in [3.05, 3.63) is 29.6 Å². The van der Waals surface area contributed by atoms with Crippen molar-refractivity contribution in [2.45, 2.75) is 25.2 Å². The van der Waals surface area contributed by atoms with Crippen LogP contribution in [0.4, 0.5) is 17.6 Å². The molecule has 0 amide bonds. The molecule has 1 atom stereocenters. The summed E-state index contributed by atoms with van der Waals surface area (Å²) in [5.74, 6) is -0.511. The third-order valence-electron chi connectivity index (χ3n) is 4.13. The van der Waals surface area contributed by atoms with Gasteiger partial charge in [-0.25, -0.2) is 4.39 Å². The van der Waals surface area contributed by atoms with Gasteiger partial charge in [-0.05, 0) is 37.0 Å². The molecule has 1 N–H and O–H groups in total. The van der Waals surface area contributed by atoms with Crippen molar-refractivity contribution in [3.63, 3.8) is 0 Å². The fourth-order valence-corrected chi connectivity index (χ4v) is 3.07. The Morgan fingerprint density at radius 1 is 1.18 bits per heavy atom. The van der Waals surface area contributed by atoms with E-state index < -0.39 is 12.2 Å². The van der Waals surface area contributed by atoms with Crippen LogP contribution in [0.5, 0.6) is 5.75 Å². The molecule has 122 valence electrons. The molecule has 2 fully saturated rings. The largest absolute Gasteiger partial charge is 0.573 e. The quantitative estimate of drug-likeness (QED) is 0.864. The SMILES string of the molecule is Fc1ccc(OC(F)(F)F)cc1[C@H](C1CC1)N1CCNCC1. The monoisotopic (exact) mass is 318 g/mol. The van der Waals surface area contributed by atoms with E-state index in [0.717, 1.165) is 51.2 Å². The Kier molecular flexibility index (Phi) is 4.27. The molecule has 0 bridgehead atoms. The smallest absolute Gasteiger partial charge is 0.406 e. The molecular weight excluding hydrogens is 300 g/mol. The highest BCUT2D eigenvalue weighted by molar-refractivity contribution is 5.33. The van der Waals surface area contributed by atoms with Crippen molar-refractivity contribution in [1.29, 1.82) is 0 Å². The molecule has 1 aliphatic heterocycles. The van der Waals surface area contributed by atoms with Gasteiger partial charge in [-0.15, -0.1) is 13.2 Å². The van der Waals surface area contributed by atoms with Gasteiger partial charge in [-0.3, -0.25) is 4.90 Å². The lowest BCUT2D eigenvalue weighted by molar-refractivity contribution is -0.274. The minimum absolute atomic E-state index is 0.168. The summed E-state index contributed by atoms with van der Waals surface area (Å²) in [4.78, 5) is 2.16. The maximum absolute atomic E-state index is 14.2. The number of hydrogen-bond acceptors (Lipinski definition) is 3. The second-order valence-corrected chi connectivity index (χ2v) is 5.80. The molecule has 7 heteroatoms. The van der Waals surface area contributed by atoms with E-state index in [4.69, 9.17) is 0 Å². The van der Waals surface area contributed by atoms with Gasteiger partial charge in [0.05, 0.1) is 0 Å². The Balaban J connectivity index is 1.87. The van der Waals surface area contributed by atoms with Crippen LogP contribution in [0.25, 0.3) is 0 Å². The van der Waals surface area contributed by atoms with Gasteiger partial charge in [-0.2, -0.15) is 0 Å². The Morgan fingerprint density at radius 2 is 1.86 bits per heavy atom. The standard InChI is InChI=1S/C15H18F4N2O/c16-13-4-3-11(22-15(17,18)19)9-12(13)14(10-1-2-10)21-7-5-20-6-8-21/h3-4,9-10,14,20H,1-2,5-8H2/t14-/m0/s1. The lowest BCUT2D eigenvalue weighted by Crippen LogP contribution is -2.45. The van der Waals surface area contributed by atoms with Gasteiger partial charge in [0.25, 0.3) is 0 Å². The van der Waals surface area contributed by atoms with Gasteiger partial charge in [0.1, 0.15) is 11.6 Å². The molecule has 22 heavy (non-hydrogen) atoms. The molecule has 0 aromatic heterocycles. The number of ether oxygens (including phenoxy) is 1. The van der Waals surface area contributed by atoms with Crippen LogP contribution in [-0.4, -0.2) is 37.4 Å². The zero-order valence-corrected chi connectivity index (χ0v) is 12.0. The van der Waals surface area contributed by atoms with Gasteiger partial charge in [0.15, 0.2) is 0 Å². The first kappa shape index (κ1) is 15.6. The molecule has 1 aliphatic carbocycles. The topological polar surface area (TPSA) is 24.5 Å². The molecule has 1 saturated heterocycles. The van der Waals surface area contributed by atoms with Crippen LogP contribution in [0.1, 0.15) is 24.4 Å². The van der Waals surface area contributed by atoms with Crippen molar-refractivity contribution in [2.24, 2.45) is 5.92 Å². The highest BCUT2D eigenvalue weighted by Crippen LogP contribution is 2.46. The van der Waals surface area contributed by atoms with E-state index in [1.807, 2.05) is 0 Å². The number of benzene rings is 1. The van der Waals surface area contributed by atoms with Crippen LogP contribution in [0.15, 0.2) is 18.2 Å². The summed E-state index contributed by atoms with van der Waals surface area (Å²) in [5.41, 5.74) is 0.311. The molecule has 1 aromatic rings. The number of nitrogens with one attached hydrogen (secondary N) is 1. The molecule has 3 rings (SSSR count). The van der Waals surface area contributed by atoms with Gasteiger partial charge in [0, 0.05) is 37.8 Å². The van der Waals surface area contributed by atoms with E-state index in [1.54, 1.807) is 0 Å². The van der Waals surface area contributed by atoms with E-state index >= 15 is 0 Å². The average Bonchev–Trinajstić information content (AvgIpc) is 3.27. The van der Waals surface area contributed by atoms with Crippen molar-refractivity contribution >= 4 is 0 Å². The average molecular weight is 318 g/mol. The van der Waals surface area contributed by atoms with Crippen molar-refractivity contribution in [3.8, 4) is 5.75 Å². The van der Waals surface area contributed by atoms with E-state index in [9.17, 15) is 17.6 Å². The molecule has 1 saturated carbocycles. The molecule has 1 heterocycles. The zero-order valence-electron chi connectivity index (χ0n) is 12.0. The zero-order chi connectivity index (χ0) is 15.7. The summed E-state index contributed by atoms with van der Waals surface area (Å²) < 4.78 is 55.3. The third kappa shape index (κ3) is 3.70. The fraction of sp³-hybridized carbons (Fsp3) is 0.600. The lowest BCUT2D eigenvalue weighted by Gasteiger charge is -2.35. The number of halogens is 4. The first-order chi connectivity index (χ1) is 10.4. The lowest BCUT2D eigenvalue weighted by atomic mass is 9.99. The number of nitrogens with zero attached hydrogens (tertiary/aromatic N) is 1. The van der Waals surface area contributed by atoms with Gasteiger partial charge in [-0.1, -0.05) is 0 Å². The maximum atomic E-state index is 14.2. The minimum atomic E-state index is -4.76. The molecule has 3 nitrogen and oxygen atoms in total. The number of rotatable bonds is 4. The Hall–Kier alpha value is -1.34. The molecular formula is C15H18F4N2O. The molecule has 0 radical (unpaired) electrons. The first-order valence-electron chi connectivity index (χ1n) is 7.44. The van der Waals surface area contributed by atoms with Crippen LogP contribution in [0, 0.1) is 11.7 Å². The summed E-state index contributed by atoms with van der Waals surface area (Å²) >= 11 is 0. The summed E-state index contributed by atoms with van der Waals surface area (Å²) in [6.45, 7) is 3.16. The Morgan fingerprint density at radius 3 is 2.45 bits per heavy atom. The van der Waals surface area contributed by atoms with Crippen LogP contribution in [0.3, 0.4) is 0 Å². The van der Waals surface area contributed by atoms with E-state index in [0.29, 0.717) is 11.5 Å². The predicted molar refractivity (Wildman–Crippen MR) is 73.0 cm³/mol. The molecule has 1 aromatic carbocycles. The number of hydrogen-bond donors (Lipinski definition) is 1.